The van der Waals surface area contributed by atoms with E-state index < -0.39 is 312 Å². The van der Waals surface area contributed by atoms with Crippen LogP contribution in [0, 0.1) is 0 Å². The lowest BCUT2D eigenvalue weighted by molar-refractivity contribution is -0.302. The van der Waals surface area contributed by atoms with Crippen molar-refractivity contribution in [2.45, 2.75) is 297 Å². The van der Waals surface area contributed by atoms with Crippen LogP contribution < -0.4 is 0 Å². The van der Waals surface area contributed by atoms with Crippen molar-refractivity contribution >= 4 is 87.6 Å². The zero-order chi connectivity index (χ0) is 96.8. The summed E-state index contributed by atoms with van der Waals surface area (Å²) in [5.41, 5.74) is 0. The molecule has 14 unspecified atom stereocenters. The quantitative estimate of drug-likeness (QED) is 0.0229. The molecule has 0 aromatic carbocycles. The van der Waals surface area contributed by atoms with E-state index in [0.717, 1.165) is 55.4 Å². The van der Waals surface area contributed by atoms with Gasteiger partial charge >= 0.3 is 71.6 Å². The number of aliphatic hydroxyl groups excluding tert-OH is 16. The molecule has 7 rings (SSSR count). The minimum Gasteiger partial charge on any atom is -0.463 e. The minimum absolute atomic E-state index is 0.236. The monoisotopic (exact) mass is 1910 g/mol. The fraction of sp³-hybridized carbons (Fsp3) is 0.833. The molecule has 0 spiro atoms. The Balaban J connectivity index is 0.000000750. The SMILES string of the molecule is CC(=O)OCC1O[C@H](Br)C(OC(C)=O)[C@@H](OC(C)=O)[C@@H]1OC(C)=O.CO[C@H]1OC(CO)[C@@H](O)[C@H](O)C1O.CO[C@H]1OC(CO)[C@@H](O)[C@H](O)C1O.CO[C@H]1OC(CO)[C@@H](O)[C@H](O)C1O.CO[C@H]1OC(CO)[C@@H](O)[C@H](O)C1O.CO[C@H]1OC(COC(C)=O)[C@@H](OC(C)=O)[C@H](OC(C)=O)C1OC(C)=O.CO[C@H]1OC(COC(C)=O)[C@@H](OC(C)=O)[C@H](OC(C)=O)C1OC(C)=O. The normalized spacial score (nSPS) is 36.1. The Morgan fingerprint density at radius 1 is 0.214 bits per heavy atom. The number of aliphatic hydroxyl groups is 16. The molecule has 0 aromatic heterocycles. The van der Waals surface area contributed by atoms with Crippen LogP contribution in [-0.2, 0) is 176 Å². The van der Waals surface area contributed by atoms with Crippen LogP contribution in [0.25, 0.3) is 0 Å². The van der Waals surface area contributed by atoms with Gasteiger partial charge in [0.25, 0.3) is 0 Å². The molecule has 7 fully saturated rings. The number of alkyl halides is 1. The highest BCUT2D eigenvalue weighted by atomic mass is 79.9. The number of ether oxygens (including phenoxy) is 25. The van der Waals surface area contributed by atoms with E-state index in [9.17, 15) is 119 Å². The van der Waals surface area contributed by atoms with Gasteiger partial charge in [-0.1, -0.05) is 15.9 Å². The third-order valence-electron chi connectivity index (χ3n) is 17.6. The fourth-order valence-corrected chi connectivity index (χ4v) is 12.7. The topological polar surface area (TPSA) is 759 Å². The molecule has 7 saturated heterocycles. The van der Waals surface area contributed by atoms with E-state index in [1.54, 1.807) is 0 Å². The second kappa shape index (κ2) is 58.6. The van der Waals surface area contributed by atoms with Crippen LogP contribution >= 0.6 is 15.9 Å². The molecule has 0 radical (unpaired) electrons. The number of carbonyl (C=O) groups excluding carboxylic acids is 12. The predicted molar refractivity (Wildman–Crippen MR) is 402 cm³/mol. The first-order chi connectivity index (χ1) is 58.9. The highest BCUT2D eigenvalue weighted by Crippen LogP contribution is 2.35. The summed E-state index contributed by atoms with van der Waals surface area (Å²) < 4.78 is 127. The molecule has 0 amide bonds. The maximum atomic E-state index is 11.5. The fourth-order valence-electron chi connectivity index (χ4n) is 12.0. The molecule has 0 aliphatic carbocycles. The van der Waals surface area contributed by atoms with Crippen molar-refractivity contribution in [3.63, 3.8) is 0 Å². The summed E-state index contributed by atoms with van der Waals surface area (Å²) in [5.74, 6) is -7.78. The number of hydrogen-bond acceptors (Lipinski definition) is 53. The zero-order valence-corrected chi connectivity index (χ0v) is 73.4. The Bertz CT molecular complexity index is 2990. The lowest BCUT2D eigenvalue weighted by Gasteiger charge is -2.43. The maximum absolute atomic E-state index is 11.5. The number of halogens is 1. The molecule has 54 heteroatoms. The van der Waals surface area contributed by atoms with Gasteiger partial charge < -0.3 is 200 Å². The van der Waals surface area contributed by atoms with Gasteiger partial charge in [0.1, 0.15) is 136 Å². The molecule has 7 aliphatic rings. The highest BCUT2D eigenvalue weighted by molar-refractivity contribution is 9.09. The molecule has 16 N–H and O–H groups in total. The van der Waals surface area contributed by atoms with Crippen LogP contribution in [0.5, 0.6) is 0 Å². The van der Waals surface area contributed by atoms with Crippen LogP contribution in [-0.4, -0.2) is 456 Å². The van der Waals surface area contributed by atoms with Gasteiger partial charge in [-0.3, -0.25) is 57.5 Å². The van der Waals surface area contributed by atoms with Crippen molar-refractivity contribution in [3.8, 4) is 0 Å². The molecule has 7 aliphatic heterocycles. The van der Waals surface area contributed by atoms with Crippen molar-refractivity contribution in [1.82, 2.24) is 0 Å². The molecule has 732 valence electrons. The largest absolute Gasteiger partial charge is 0.463 e. The second-order valence-corrected chi connectivity index (χ2v) is 28.3. The molecule has 0 bridgehead atoms. The molecule has 7 heterocycles. The third-order valence-corrected chi connectivity index (χ3v) is 18.4. The van der Waals surface area contributed by atoms with Gasteiger partial charge in [-0.15, -0.1) is 0 Å². The predicted octanol–water partition coefficient (Wildman–Crippen LogP) is -10.4. The minimum atomic E-state index is -1.36. The average molecular weight is 1910 g/mol. The molecule has 35 atom stereocenters. The van der Waals surface area contributed by atoms with Gasteiger partial charge in [0.2, 0.25) is 0 Å². The highest BCUT2D eigenvalue weighted by Gasteiger charge is 2.56. The number of hydrogen-bond donors (Lipinski definition) is 16. The van der Waals surface area contributed by atoms with Gasteiger partial charge in [-0.05, 0) is 0 Å². The van der Waals surface area contributed by atoms with Crippen LogP contribution in [0.4, 0.5) is 0 Å². The summed E-state index contributed by atoms with van der Waals surface area (Å²) in [7, 11) is 7.78. The first kappa shape index (κ1) is 117. The molecular weight excluding hydrogens is 1790 g/mol. The van der Waals surface area contributed by atoms with E-state index in [4.69, 9.17) is 139 Å². The molecule has 126 heavy (non-hydrogen) atoms. The van der Waals surface area contributed by atoms with Crippen molar-refractivity contribution in [2.75, 3.05) is 88.9 Å². The van der Waals surface area contributed by atoms with Crippen molar-refractivity contribution < 1.29 is 258 Å². The Kier molecular flexibility index (Phi) is 54.4. The summed E-state index contributed by atoms with van der Waals surface area (Å²) in [4.78, 5) is 136. The molecule has 0 aromatic rings. The van der Waals surface area contributed by atoms with E-state index in [-0.39, 0.29) is 19.8 Å². The first-order valence-corrected chi connectivity index (χ1v) is 38.7. The van der Waals surface area contributed by atoms with E-state index in [1.165, 1.54) is 70.4 Å². The molecular formula is C72H119BrO53. The van der Waals surface area contributed by atoms with E-state index in [2.05, 4.69) is 15.9 Å². The first-order valence-electron chi connectivity index (χ1n) is 37.8. The second-order valence-electron chi connectivity index (χ2n) is 27.4. The summed E-state index contributed by atoms with van der Waals surface area (Å²) in [6, 6.07) is 0. The number of esters is 12. The standard InChI is InChI=1S/2C15H22O10.C14H19BrO9.4C7H14O6/c2*1-7(16)21-6-11-12(22-8(2)17)13(23-9(3)18)14(24-10(4)19)15(20-5)25-11;1-6(16)20-5-10-11(21-7(2)17)12(22-8(3)18)13(14(15)24-10)23-9(4)19;4*1-12-7-6(11)5(10)4(9)3(2-8)13-7/h2*11-15H,6H2,1-5H3;10-14H,5H2,1-4H3;4*3-11H,2H2,1H3/t2*11?,12-,13+,14?,15+;10?,11-,12+,13?,14+;4*3?,4-,5+,6?,7+/m1111111/s1. The van der Waals surface area contributed by atoms with E-state index in [0.29, 0.717) is 0 Å². The van der Waals surface area contributed by atoms with Crippen LogP contribution in [0.2, 0.25) is 0 Å². The van der Waals surface area contributed by atoms with Gasteiger partial charge in [-0.25, -0.2) is 0 Å². The Morgan fingerprint density at radius 2 is 0.381 bits per heavy atom. The number of rotatable bonds is 25. The lowest BCUT2D eigenvalue weighted by Crippen LogP contribution is -2.62. The van der Waals surface area contributed by atoms with Gasteiger partial charge in [-0.2, -0.15) is 0 Å². The molecule has 0 saturated carbocycles. The third kappa shape index (κ3) is 37.8. The van der Waals surface area contributed by atoms with Crippen molar-refractivity contribution in [3.05, 3.63) is 0 Å². The van der Waals surface area contributed by atoms with Crippen LogP contribution in [0.3, 0.4) is 0 Å². The van der Waals surface area contributed by atoms with Crippen molar-refractivity contribution in [2.24, 2.45) is 0 Å². The summed E-state index contributed by atoms with van der Waals surface area (Å²) >= 11 is 3.18. The summed E-state index contributed by atoms with van der Waals surface area (Å²) in [6.07, 6.45) is -39.2. The van der Waals surface area contributed by atoms with Gasteiger partial charge in [0.05, 0.1) is 26.4 Å². The lowest BCUT2D eigenvalue weighted by atomic mass is 9.98. The van der Waals surface area contributed by atoms with Crippen LogP contribution in [0.15, 0.2) is 0 Å². The Morgan fingerprint density at radius 3 is 0.563 bits per heavy atom. The number of methoxy groups -OCH3 is 6. The zero-order valence-electron chi connectivity index (χ0n) is 71.8. The average Bonchev–Trinajstić information content (AvgIpc) is 0.786. The maximum Gasteiger partial charge on any atom is 0.303 e. The van der Waals surface area contributed by atoms with E-state index >= 15 is 0 Å². The Hall–Kier alpha value is -7.04. The smallest absolute Gasteiger partial charge is 0.303 e. The van der Waals surface area contributed by atoms with Gasteiger partial charge in [0.15, 0.2) is 97.7 Å². The van der Waals surface area contributed by atoms with Gasteiger partial charge in [0, 0.05) is 126 Å². The number of carbonyl (C=O) groups is 12. The summed E-state index contributed by atoms with van der Waals surface area (Å²) in [5, 5.41) is 145. The Labute approximate surface area is 728 Å². The van der Waals surface area contributed by atoms with Crippen LogP contribution in [0.1, 0.15) is 83.1 Å². The molecule has 53 nitrogen and oxygen atoms in total. The van der Waals surface area contributed by atoms with Crippen molar-refractivity contribution in [1.29, 1.82) is 0 Å². The van der Waals surface area contributed by atoms with E-state index in [1.807, 2.05) is 0 Å². The summed E-state index contributed by atoms with van der Waals surface area (Å²) in [6.45, 7) is 11.5.